The van der Waals surface area contributed by atoms with Crippen molar-refractivity contribution < 1.29 is 14.6 Å². The molecule has 0 aliphatic heterocycles. The van der Waals surface area contributed by atoms with Gasteiger partial charge < -0.3 is 20.9 Å². The van der Waals surface area contributed by atoms with Crippen LogP contribution < -0.4 is 15.8 Å². The van der Waals surface area contributed by atoms with E-state index in [-0.39, 0.29) is 0 Å². The minimum Gasteiger partial charge on any atom is -0.497 e. The minimum atomic E-state index is -1.03. The number of benzene rings is 1. The van der Waals surface area contributed by atoms with Crippen LogP contribution in [-0.4, -0.2) is 24.9 Å². The molecule has 0 spiro atoms. The molecule has 0 saturated heterocycles. The van der Waals surface area contributed by atoms with Gasteiger partial charge in [-0.25, -0.2) is 4.79 Å². The van der Waals surface area contributed by atoms with Crippen molar-refractivity contribution in [3.63, 3.8) is 0 Å². The number of carboxylic acid groups (broad SMARTS) is 1. The standard InChI is InChI=1S/C10H14N2O3/c1-15-8-3-2-7(9(11)6-8)4-5-12-10(13)14/h2-3,6,12H,4-5,11H2,1H3,(H,13,14). The van der Waals surface area contributed by atoms with Gasteiger partial charge in [0, 0.05) is 18.3 Å². The van der Waals surface area contributed by atoms with Gasteiger partial charge in [0.05, 0.1) is 7.11 Å². The Hall–Kier alpha value is -1.91. The molecule has 1 rings (SSSR count). The van der Waals surface area contributed by atoms with Crippen molar-refractivity contribution in [2.45, 2.75) is 6.42 Å². The van der Waals surface area contributed by atoms with E-state index in [1.807, 2.05) is 6.07 Å². The highest BCUT2D eigenvalue weighted by atomic mass is 16.5. The van der Waals surface area contributed by atoms with E-state index < -0.39 is 6.09 Å². The Bertz CT molecular complexity index is 353. The Balaban J connectivity index is 2.58. The number of hydrogen-bond acceptors (Lipinski definition) is 3. The molecule has 0 aromatic heterocycles. The lowest BCUT2D eigenvalue weighted by molar-refractivity contribution is 0.194. The maximum absolute atomic E-state index is 10.2. The summed E-state index contributed by atoms with van der Waals surface area (Å²) in [5, 5.41) is 10.7. The smallest absolute Gasteiger partial charge is 0.404 e. The summed E-state index contributed by atoms with van der Waals surface area (Å²) < 4.78 is 5.00. The SMILES string of the molecule is COc1ccc(CCNC(=O)O)c(N)c1. The zero-order valence-electron chi connectivity index (χ0n) is 8.49. The Kier molecular flexibility index (Phi) is 3.79. The number of nitrogens with one attached hydrogen (secondary N) is 1. The molecule has 0 bridgehead atoms. The highest BCUT2D eigenvalue weighted by Crippen LogP contribution is 2.19. The summed E-state index contributed by atoms with van der Waals surface area (Å²) in [6.07, 6.45) is -0.454. The second-order valence-electron chi connectivity index (χ2n) is 3.05. The van der Waals surface area contributed by atoms with Crippen LogP contribution in [0.5, 0.6) is 5.75 Å². The van der Waals surface area contributed by atoms with Crippen molar-refractivity contribution in [1.29, 1.82) is 0 Å². The van der Waals surface area contributed by atoms with Crippen molar-refractivity contribution in [2.24, 2.45) is 0 Å². The average Bonchev–Trinajstić information content (AvgIpc) is 2.20. The second-order valence-corrected chi connectivity index (χ2v) is 3.05. The summed E-state index contributed by atoms with van der Waals surface area (Å²) in [6.45, 7) is 0.353. The van der Waals surface area contributed by atoms with Crippen LogP contribution in [-0.2, 0) is 6.42 Å². The summed E-state index contributed by atoms with van der Waals surface area (Å²) in [6, 6.07) is 5.35. The number of rotatable bonds is 4. The van der Waals surface area contributed by atoms with E-state index in [2.05, 4.69) is 5.32 Å². The molecule has 82 valence electrons. The number of nitrogens with two attached hydrogens (primary N) is 1. The first-order valence-corrected chi connectivity index (χ1v) is 4.52. The van der Waals surface area contributed by atoms with Gasteiger partial charge in [0.1, 0.15) is 5.75 Å². The minimum absolute atomic E-state index is 0.353. The molecular weight excluding hydrogens is 196 g/mol. The van der Waals surface area contributed by atoms with Crippen molar-refractivity contribution in [3.05, 3.63) is 23.8 Å². The fourth-order valence-electron chi connectivity index (χ4n) is 1.23. The third-order valence-electron chi connectivity index (χ3n) is 2.02. The van der Waals surface area contributed by atoms with E-state index in [4.69, 9.17) is 15.6 Å². The molecule has 4 N–H and O–H groups in total. The normalized spacial score (nSPS) is 9.67. The van der Waals surface area contributed by atoms with E-state index in [1.54, 1.807) is 19.2 Å². The Morgan fingerprint density at radius 1 is 1.60 bits per heavy atom. The molecule has 0 atom stereocenters. The van der Waals surface area contributed by atoms with E-state index in [0.29, 0.717) is 24.4 Å². The number of anilines is 1. The molecule has 1 aromatic rings. The summed E-state index contributed by atoms with van der Waals surface area (Å²) in [5.74, 6) is 0.697. The van der Waals surface area contributed by atoms with E-state index in [1.165, 1.54) is 0 Å². The van der Waals surface area contributed by atoms with Gasteiger partial charge in [-0.3, -0.25) is 0 Å². The predicted molar refractivity (Wildman–Crippen MR) is 57.1 cm³/mol. The fraction of sp³-hybridized carbons (Fsp3) is 0.300. The Morgan fingerprint density at radius 2 is 2.33 bits per heavy atom. The van der Waals surface area contributed by atoms with Gasteiger partial charge in [-0.1, -0.05) is 6.07 Å². The van der Waals surface area contributed by atoms with Gasteiger partial charge in [-0.05, 0) is 18.1 Å². The lowest BCUT2D eigenvalue weighted by atomic mass is 10.1. The quantitative estimate of drug-likeness (QED) is 0.649. The van der Waals surface area contributed by atoms with Crippen LogP contribution in [0.2, 0.25) is 0 Å². The van der Waals surface area contributed by atoms with Crippen LogP contribution in [0, 0.1) is 0 Å². The third-order valence-corrected chi connectivity index (χ3v) is 2.02. The molecule has 1 aromatic carbocycles. The van der Waals surface area contributed by atoms with Gasteiger partial charge in [0.2, 0.25) is 0 Å². The first-order chi connectivity index (χ1) is 7.13. The summed E-state index contributed by atoms with van der Waals surface area (Å²) >= 11 is 0. The van der Waals surface area contributed by atoms with Gasteiger partial charge in [-0.15, -0.1) is 0 Å². The van der Waals surface area contributed by atoms with Crippen LogP contribution in [0.25, 0.3) is 0 Å². The number of amides is 1. The summed E-state index contributed by atoms with van der Waals surface area (Å²) in [4.78, 5) is 10.2. The molecule has 5 nitrogen and oxygen atoms in total. The summed E-state index contributed by atoms with van der Waals surface area (Å²) in [7, 11) is 1.57. The topological polar surface area (TPSA) is 84.6 Å². The molecular formula is C10H14N2O3. The largest absolute Gasteiger partial charge is 0.497 e. The van der Waals surface area contributed by atoms with Crippen LogP contribution in [0.1, 0.15) is 5.56 Å². The highest BCUT2D eigenvalue weighted by molar-refractivity contribution is 5.64. The number of methoxy groups -OCH3 is 1. The van der Waals surface area contributed by atoms with Crippen LogP contribution in [0.15, 0.2) is 18.2 Å². The molecule has 5 heteroatoms. The van der Waals surface area contributed by atoms with Crippen molar-refractivity contribution in [2.75, 3.05) is 19.4 Å². The molecule has 1 amide bonds. The molecule has 0 aliphatic rings. The Morgan fingerprint density at radius 3 is 2.87 bits per heavy atom. The van der Waals surface area contributed by atoms with Gasteiger partial charge >= 0.3 is 6.09 Å². The fourth-order valence-corrected chi connectivity index (χ4v) is 1.23. The summed E-state index contributed by atoms with van der Waals surface area (Å²) in [5.41, 5.74) is 7.28. The second kappa shape index (κ2) is 5.09. The predicted octanol–water partition coefficient (Wildman–Crippen LogP) is 1.09. The highest BCUT2D eigenvalue weighted by Gasteiger charge is 2.01. The Labute approximate surface area is 87.9 Å². The molecule has 15 heavy (non-hydrogen) atoms. The molecule has 0 unspecified atom stereocenters. The lowest BCUT2D eigenvalue weighted by Gasteiger charge is -2.07. The molecule has 0 aliphatic carbocycles. The van der Waals surface area contributed by atoms with Crippen LogP contribution in [0.3, 0.4) is 0 Å². The zero-order valence-corrected chi connectivity index (χ0v) is 8.49. The van der Waals surface area contributed by atoms with Gasteiger partial charge in [0.15, 0.2) is 0 Å². The molecule has 0 fully saturated rings. The van der Waals surface area contributed by atoms with Crippen LogP contribution >= 0.6 is 0 Å². The third kappa shape index (κ3) is 3.38. The van der Waals surface area contributed by atoms with Crippen molar-refractivity contribution in [3.8, 4) is 5.75 Å². The van der Waals surface area contributed by atoms with E-state index in [0.717, 1.165) is 5.56 Å². The number of ether oxygens (including phenoxy) is 1. The number of carbonyl (C=O) groups is 1. The zero-order chi connectivity index (χ0) is 11.3. The first-order valence-electron chi connectivity index (χ1n) is 4.52. The van der Waals surface area contributed by atoms with Gasteiger partial charge in [-0.2, -0.15) is 0 Å². The maximum atomic E-state index is 10.2. The molecule has 0 radical (unpaired) electrons. The molecule has 0 heterocycles. The van der Waals surface area contributed by atoms with E-state index >= 15 is 0 Å². The monoisotopic (exact) mass is 210 g/mol. The van der Waals surface area contributed by atoms with E-state index in [9.17, 15) is 4.79 Å². The van der Waals surface area contributed by atoms with Crippen molar-refractivity contribution in [1.82, 2.24) is 5.32 Å². The number of hydrogen-bond donors (Lipinski definition) is 3. The lowest BCUT2D eigenvalue weighted by Crippen LogP contribution is -2.23. The average molecular weight is 210 g/mol. The van der Waals surface area contributed by atoms with Crippen LogP contribution in [0.4, 0.5) is 10.5 Å². The van der Waals surface area contributed by atoms with Crippen molar-refractivity contribution >= 4 is 11.8 Å². The first kappa shape index (κ1) is 11.2. The number of nitrogen functional groups attached to an aromatic ring is 1. The van der Waals surface area contributed by atoms with Gasteiger partial charge in [0.25, 0.3) is 0 Å². The molecule has 0 saturated carbocycles. The maximum Gasteiger partial charge on any atom is 0.404 e.